The number of hydrogen-bond donors (Lipinski definition) is 2. The molecule has 0 aromatic carbocycles. The minimum atomic E-state index is -3.91. The summed E-state index contributed by atoms with van der Waals surface area (Å²) in [6, 6.07) is 7.99. The summed E-state index contributed by atoms with van der Waals surface area (Å²) in [4.78, 5) is 15.5. The largest absolute Gasteiger partial charge is 0.442 e. The average molecular weight is 401 g/mol. The van der Waals surface area contributed by atoms with Crippen LogP contribution in [0.4, 0.5) is 0 Å². The number of nitrogens with one attached hydrogen (secondary N) is 2. The molecule has 146 valence electrons. The van der Waals surface area contributed by atoms with Crippen LogP contribution in [-0.2, 0) is 21.4 Å². The smallest absolute Gasteiger partial charge is 0.276 e. The highest BCUT2D eigenvalue weighted by atomic mass is 32.2. The quantitative estimate of drug-likeness (QED) is 0.619. The van der Waals surface area contributed by atoms with Crippen LogP contribution in [0.1, 0.15) is 18.4 Å². The van der Waals surface area contributed by atoms with Crippen LogP contribution in [0, 0.1) is 0 Å². The van der Waals surface area contributed by atoms with Crippen LogP contribution in [-0.4, -0.2) is 46.4 Å². The van der Waals surface area contributed by atoms with Gasteiger partial charge in [-0.05, 0) is 42.3 Å². The molecule has 4 heterocycles. The van der Waals surface area contributed by atoms with Gasteiger partial charge in [0.1, 0.15) is 5.69 Å². The van der Waals surface area contributed by atoms with Gasteiger partial charge in [-0.25, -0.2) is 8.42 Å². The number of hydrogen-bond acceptors (Lipinski definition) is 6. The molecule has 1 aliphatic rings. The Balaban J connectivity index is 1.62. The molecule has 0 saturated carbocycles. The first kappa shape index (κ1) is 18.4. The molecule has 1 saturated heterocycles. The first-order chi connectivity index (χ1) is 13.5. The van der Waals surface area contributed by atoms with Gasteiger partial charge in [0, 0.05) is 44.1 Å². The van der Waals surface area contributed by atoms with Gasteiger partial charge in [-0.15, -0.1) is 0 Å². The second kappa shape index (κ2) is 7.56. The Morgan fingerprint density at radius 3 is 2.64 bits per heavy atom. The lowest BCUT2D eigenvalue weighted by atomic mass is 10.2. The standard InChI is InChI=1S/C18H19N5O4S/c24-17-3-1-14(21-17)12-23(11-13-5-8-19-9-6-13)28(25,26)18-4-2-16(27-18)15-7-10-20-22-15/h2,4-10,14H,1,3,11-12H2,(H,20,22)(H,21,24)/t14-/m0/s1. The number of sulfonamides is 1. The first-order valence-electron chi connectivity index (χ1n) is 8.80. The second-order valence-corrected chi connectivity index (χ2v) is 8.41. The Hall–Kier alpha value is -2.98. The van der Waals surface area contributed by atoms with Crippen LogP contribution in [0.2, 0.25) is 0 Å². The van der Waals surface area contributed by atoms with Crippen molar-refractivity contribution in [3.63, 3.8) is 0 Å². The van der Waals surface area contributed by atoms with Gasteiger partial charge in [0.05, 0.1) is 0 Å². The number of aromatic nitrogens is 3. The van der Waals surface area contributed by atoms with E-state index in [-0.39, 0.29) is 30.1 Å². The van der Waals surface area contributed by atoms with Gasteiger partial charge in [0.2, 0.25) is 11.0 Å². The highest BCUT2D eigenvalue weighted by Crippen LogP contribution is 2.26. The maximum absolute atomic E-state index is 13.3. The Morgan fingerprint density at radius 1 is 1.14 bits per heavy atom. The van der Waals surface area contributed by atoms with E-state index >= 15 is 0 Å². The summed E-state index contributed by atoms with van der Waals surface area (Å²) in [5.74, 6) is 0.319. The van der Waals surface area contributed by atoms with E-state index in [9.17, 15) is 13.2 Å². The highest BCUT2D eigenvalue weighted by Gasteiger charge is 2.32. The number of furan rings is 1. The molecule has 1 fully saturated rings. The summed E-state index contributed by atoms with van der Waals surface area (Å²) in [6.07, 6.45) is 5.78. The molecule has 0 spiro atoms. The van der Waals surface area contributed by atoms with Gasteiger partial charge in [-0.2, -0.15) is 9.40 Å². The minimum absolute atomic E-state index is 0.0641. The van der Waals surface area contributed by atoms with Gasteiger partial charge < -0.3 is 9.73 Å². The Morgan fingerprint density at radius 2 is 1.96 bits per heavy atom. The summed E-state index contributed by atoms with van der Waals surface area (Å²) >= 11 is 0. The van der Waals surface area contributed by atoms with E-state index in [1.165, 1.54) is 10.4 Å². The van der Waals surface area contributed by atoms with Gasteiger partial charge in [0.25, 0.3) is 10.0 Å². The Kier molecular flexibility index (Phi) is 4.97. The lowest BCUT2D eigenvalue weighted by Crippen LogP contribution is -2.41. The monoisotopic (exact) mass is 401 g/mol. The number of carbonyl (C=O) groups is 1. The van der Waals surface area contributed by atoms with Crippen LogP contribution >= 0.6 is 0 Å². The molecule has 0 radical (unpaired) electrons. The molecule has 10 heteroatoms. The van der Waals surface area contributed by atoms with E-state index in [0.29, 0.717) is 24.3 Å². The van der Waals surface area contributed by atoms with Crippen molar-refractivity contribution < 1.29 is 17.6 Å². The molecule has 3 aromatic rings. The number of rotatable bonds is 7. The molecule has 1 atom stereocenters. The second-order valence-electron chi connectivity index (χ2n) is 6.55. The molecule has 28 heavy (non-hydrogen) atoms. The van der Waals surface area contributed by atoms with E-state index in [1.54, 1.807) is 42.9 Å². The molecule has 0 unspecified atom stereocenters. The van der Waals surface area contributed by atoms with Gasteiger partial charge in [0.15, 0.2) is 5.76 Å². The SMILES string of the molecule is O=C1CC[C@@H](CN(Cc2ccncc2)S(=O)(=O)c2ccc(-c3ccn[nH]3)o2)N1. The zero-order valence-corrected chi connectivity index (χ0v) is 15.7. The average Bonchev–Trinajstić information content (AvgIpc) is 3.43. The lowest BCUT2D eigenvalue weighted by Gasteiger charge is -2.24. The third-order valence-electron chi connectivity index (χ3n) is 4.56. The van der Waals surface area contributed by atoms with E-state index in [0.717, 1.165) is 5.56 Å². The first-order valence-corrected chi connectivity index (χ1v) is 10.2. The third kappa shape index (κ3) is 3.82. The van der Waals surface area contributed by atoms with Crippen molar-refractivity contribution >= 4 is 15.9 Å². The number of H-pyrrole nitrogens is 1. The fraction of sp³-hybridized carbons (Fsp3) is 0.278. The summed E-state index contributed by atoms with van der Waals surface area (Å²) in [7, 11) is -3.91. The van der Waals surface area contributed by atoms with Crippen LogP contribution in [0.5, 0.6) is 0 Å². The summed E-state index contributed by atoms with van der Waals surface area (Å²) in [5.41, 5.74) is 1.38. The fourth-order valence-electron chi connectivity index (χ4n) is 3.12. The van der Waals surface area contributed by atoms with E-state index in [4.69, 9.17) is 4.42 Å². The topological polar surface area (TPSA) is 121 Å². The predicted molar refractivity (Wildman–Crippen MR) is 99.3 cm³/mol. The van der Waals surface area contributed by atoms with Crippen LogP contribution in [0.15, 0.2) is 58.4 Å². The van der Waals surface area contributed by atoms with E-state index in [2.05, 4.69) is 20.5 Å². The molecule has 9 nitrogen and oxygen atoms in total. The number of aromatic amines is 1. The van der Waals surface area contributed by atoms with Crippen molar-refractivity contribution in [2.45, 2.75) is 30.5 Å². The van der Waals surface area contributed by atoms with Crippen molar-refractivity contribution in [2.24, 2.45) is 0 Å². The number of nitrogens with zero attached hydrogens (tertiary/aromatic N) is 3. The van der Waals surface area contributed by atoms with Crippen LogP contribution in [0.3, 0.4) is 0 Å². The minimum Gasteiger partial charge on any atom is -0.442 e. The van der Waals surface area contributed by atoms with Crippen molar-refractivity contribution in [1.82, 2.24) is 24.8 Å². The summed E-state index contributed by atoms with van der Waals surface area (Å²) < 4.78 is 33.5. The molecule has 3 aromatic heterocycles. The molecule has 4 rings (SSSR count). The summed E-state index contributed by atoms with van der Waals surface area (Å²) in [5, 5.41) is 9.25. The zero-order chi connectivity index (χ0) is 19.6. The van der Waals surface area contributed by atoms with Crippen molar-refractivity contribution in [3.05, 3.63) is 54.5 Å². The van der Waals surface area contributed by atoms with E-state index in [1.807, 2.05) is 0 Å². The van der Waals surface area contributed by atoms with Crippen molar-refractivity contribution in [3.8, 4) is 11.5 Å². The van der Waals surface area contributed by atoms with Gasteiger partial charge in [-0.3, -0.25) is 14.9 Å². The molecule has 0 bridgehead atoms. The van der Waals surface area contributed by atoms with Crippen LogP contribution < -0.4 is 5.32 Å². The molecular formula is C18H19N5O4S. The molecule has 1 aliphatic heterocycles. The fourth-order valence-corrected chi connectivity index (χ4v) is 4.51. The number of pyridine rings is 1. The molecule has 2 N–H and O–H groups in total. The molecule has 0 aliphatic carbocycles. The number of carbonyl (C=O) groups excluding carboxylic acids is 1. The highest BCUT2D eigenvalue weighted by molar-refractivity contribution is 7.89. The normalized spacial score (nSPS) is 17.2. The molecular weight excluding hydrogens is 382 g/mol. The third-order valence-corrected chi connectivity index (χ3v) is 6.24. The van der Waals surface area contributed by atoms with Crippen molar-refractivity contribution in [2.75, 3.05) is 6.54 Å². The molecule has 1 amide bonds. The van der Waals surface area contributed by atoms with E-state index < -0.39 is 10.0 Å². The predicted octanol–water partition coefficient (Wildman–Crippen LogP) is 1.53. The summed E-state index contributed by atoms with van der Waals surface area (Å²) in [6.45, 7) is 0.313. The lowest BCUT2D eigenvalue weighted by molar-refractivity contribution is -0.119. The maximum Gasteiger partial charge on any atom is 0.276 e. The maximum atomic E-state index is 13.3. The van der Waals surface area contributed by atoms with Crippen molar-refractivity contribution in [1.29, 1.82) is 0 Å². The van der Waals surface area contributed by atoms with Gasteiger partial charge in [-0.1, -0.05) is 0 Å². The van der Waals surface area contributed by atoms with Crippen LogP contribution in [0.25, 0.3) is 11.5 Å². The zero-order valence-electron chi connectivity index (χ0n) is 14.9. The number of amides is 1. The Labute approximate surface area is 161 Å². The Bertz CT molecular complexity index is 1050. The van der Waals surface area contributed by atoms with Gasteiger partial charge >= 0.3 is 0 Å².